The molecule has 0 aliphatic heterocycles. The lowest BCUT2D eigenvalue weighted by atomic mass is 9.99. The lowest BCUT2D eigenvalue weighted by Crippen LogP contribution is -2.06. The van der Waals surface area contributed by atoms with Gasteiger partial charge in [0.25, 0.3) is 0 Å². The van der Waals surface area contributed by atoms with Gasteiger partial charge >= 0.3 is 0 Å². The third-order valence-corrected chi connectivity index (χ3v) is 4.01. The molecule has 0 radical (unpaired) electrons. The number of nitrogens with one attached hydrogen (secondary N) is 1. The standard InChI is InChI=1S/C17H19BrFN/c1-11(2)13-4-6-14(7-5-13)12(3)20-15-8-9-17(19)16(18)10-15/h4-12,20H,1-3H3. The molecule has 0 amide bonds. The molecule has 20 heavy (non-hydrogen) atoms. The molecule has 0 saturated heterocycles. The Morgan fingerprint density at radius 2 is 1.55 bits per heavy atom. The molecule has 2 aromatic carbocycles. The lowest BCUT2D eigenvalue weighted by Gasteiger charge is -2.17. The number of halogens is 2. The Hall–Kier alpha value is -1.35. The summed E-state index contributed by atoms with van der Waals surface area (Å²) in [6.07, 6.45) is 0. The van der Waals surface area contributed by atoms with Crippen molar-refractivity contribution in [2.45, 2.75) is 32.7 Å². The Balaban J connectivity index is 2.10. The Bertz CT molecular complexity index is 578. The molecule has 0 heterocycles. The van der Waals surface area contributed by atoms with Crippen molar-refractivity contribution in [1.29, 1.82) is 0 Å². The molecule has 1 nitrogen and oxygen atoms in total. The second kappa shape index (κ2) is 6.40. The number of hydrogen-bond acceptors (Lipinski definition) is 1. The monoisotopic (exact) mass is 335 g/mol. The highest BCUT2D eigenvalue weighted by molar-refractivity contribution is 9.10. The van der Waals surface area contributed by atoms with E-state index >= 15 is 0 Å². The summed E-state index contributed by atoms with van der Waals surface area (Å²) >= 11 is 3.20. The van der Waals surface area contributed by atoms with Crippen LogP contribution in [0.15, 0.2) is 46.9 Å². The number of anilines is 1. The van der Waals surface area contributed by atoms with Crippen LogP contribution in [-0.2, 0) is 0 Å². The van der Waals surface area contributed by atoms with E-state index in [4.69, 9.17) is 0 Å². The van der Waals surface area contributed by atoms with Crippen LogP contribution in [0.2, 0.25) is 0 Å². The summed E-state index contributed by atoms with van der Waals surface area (Å²) in [6, 6.07) is 13.8. The van der Waals surface area contributed by atoms with Gasteiger partial charge < -0.3 is 5.32 Å². The Morgan fingerprint density at radius 3 is 2.10 bits per heavy atom. The van der Waals surface area contributed by atoms with E-state index in [9.17, 15) is 4.39 Å². The molecule has 1 N–H and O–H groups in total. The molecule has 3 heteroatoms. The van der Waals surface area contributed by atoms with Gasteiger partial charge in [0.1, 0.15) is 5.82 Å². The van der Waals surface area contributed by atoms with Gasteiger partial charge in [-0.2, -0.15) is 0 Å². The number of rotatable bonds is 4. The van der Waals surface area contributed by atoms with Gasteiger partial charge in [-0.1, -0.05) is 38.1 Å². The lowest BCUT2D eigenvalue weighted by molar-refractivity contribution is 0.621. The summed E-state index contributed by atoms with van der Waals surface area (Å²) < 4.78 is 13.7. The zero-order valence-corrected chi connectivity index (χ0v) is 13.5. The second-order valence-corrected chi connectivity index (χ2v) is 6.17. The summed E-state index contributed by atoms with van der Waals surface area (Å²) in [7, 11) is 0. The highest BCUT2D eigenvalue weighted by atomic mass is 79.9. The minimum absolute atomic E-state index is 0.175. The van der Waals surface area contributed by atoms with Crippen LogP contribution in [0, 0.1) is 5.82 Å². The van der Waals surface area contributed by atoms with E-state index in [1.807, 2.05) is 0 Å². The van der Waals surface area contributed by atoms with Gasteiger partial charge in [-0.15, -0.1) is 0 Å². The average molecular weight is 336 g/mol. The third kappa shape index (κ3) is 3.60. The summed E-state index contributed by atoms with van der Waals surface area (Å²) in [5.41, 5.74) is 3.46. The van der Waals surface area contributed by atoms with Gasteiger partial charge in [0.05, 0.1) is 4.47 Å². The largest absolute Gasteiger partial charge is 0.378 e. The summed E-state index contributed by atoms with van der Waals surface area (Å²) in [5, 5.41) is 3.38. The van der Waals surface area contributed by atoms with E-state index in [1.54, 1.807) is 12.1 Å². The summed E-state index contributed by atoms with van der Waals surface area (Å²) in [5.74, 6) is 0.296. The molecular formula is C17H19BrFN. The Labute approximate surface area is 128 Å². The van der Waals surface area contributed by atoms with Crippen molar-refractivity contribution in [2.24, 2.45) is 0 Å². The van der Waals surface area contributed by atoms with Crippen LogP contribution >= 0.6 is 15.9 Å². The van der Waals surface area contributed by atoms with Crippen LogP contribution in [0.25, 0.3) is 0 Å². The molecule has 0 spiro atoms. The van der Waals surface area contributed by atoms with Crippen LogP contribution in [0.1, 0.15) is 43.9 Å². The first-order valence-electron chi connectivity index (χ1n) is 6.79. The van der Waals surface area contributed by atoms with Gasteiger partial charge in [-0.3, -0.25) is 0 Å². The highest BCUT2D eigenvalue weighted by Crippen LogP contribution is 2.25. The Morgan fingerprint density at radius 1 is 0.950 bits per heavy atom. The van der Waals surface area contributed by atoms with Gasteiger partial charge in [0, 0.05) is 11.7 Å². The highest BCUT2D eigenvalue weighted by Gasteiger charge is 2.07. The van der Waals surface area contributed by atoms with Crippen molar-refractivity contribution in [3.8, 4) is 0 Å². The molecule has 1 atom stereocenters. The molecule has 0 aromatic heterocycles. The molecular weight excluding hydrogens is 317 g/mol. The second-order valence-electron chi connectivity index (χ2n) is 5.32. The maximum absolute atomic E-state index is 13.2. The first-order valence-corrected chi connectivity index (χ1v) is 7.58. The molecule has 2 aromatic rings. The smallest absolute Gasteiger partial charge is 0.137 e. The first-order chi connectivity index (χ1) is 9.47. The van der Waals surface area contributed by atoms with Crippen molar-refractivity contribution in [1.82, 2.24) is 0 Å². The third-order valence-electron chi connectivity index (χ3n) is 3.41. The number of hydrogen-bond donors (Lipinski definition) is 1. The molecule has 0 saturated carbocycles. The van der Waals surface area contributed by atoms with Crippen LogP contribution in [-0.4, -0.2) is 0 Å². The molecule has 0 aliphatic rings. The molecule has 1 unspecified atom stereocenters. The van der Waals surface area contributed by atoms with Crippen LogP contribution in [0.3, 0.4) is 0 Å². The SMILES string of the molecule is CC(C)c1ccc(C(C)Nc2ccc(F)c(Br)c2)cc1. The normalized spacial score (nSPS) is 12.5. The Kier molecular flexibility index (Phi) is 4.81. The van der Waals surface area contributed by atoms with Crippen LogP contribution in [0.5, 0.6) is 0 Å². The van der Waals surface area contributed by atoms with Crippen LogP contribution in [0.4, 0.5) is 10.1 Å². The zero-order valence-electron chi connectivity index (χ0n) is 12.0. The van der Waals surface area contributed by atoms with Gasteiger partial charge in [-0.05, 0) is 58.1 Å². The number of benzene rings is 2. The fraction of sp³-hybridized carbons (Fsp3) is 0.294. The maximum atomic E-state index is 13.2. The van der Waals surface area contributed by atoms with E-state index < -0.39 is 0 Å². The van der Waals surface area contributed by atoms with Crippen molar-refractivity contribution in [3.05, 3.63) is 63.9 Å². The molecule has 2 rings (SSSR count). The molecule has 0 aliphatic carbocycles. The minimum Gasteiger partial charge on any atom is -0.378 e. The first kappa shape index (κ1) is 15.0. The fourth-order valence-electron chi connectivity index (χ4n) is 2.09. The van der Waals surface area contributed by atoms with Gasteiger partial charge in [0.2, 0.25) is 0 Å². The molecule has 106 valence electrons. The quantitative estimate of drug-likeness (QED) is 0.735. The minimum atomic E-state index is -0.246. The predicted octanol–water partition coefficient (Wildman–Crippen LogP) is 5.88. The van der Waals surface area contributed by atoms with E-state index in [0.717, 1.165) is 5.69 Å². The van der Waals surface area contributed by atoms with E-state index in [2.05, 4.69) is 66.3 Å². The average Bonchev–Trinajstić information content (AvgIpc) is 2.43. The maximum Gasteiger partial charge on any atom is 0.137 e. The summed E-state index contributed by atoms with van der Waals surface area (Å²) in [6.45, 7) is 6.47. The van der Waals surface area contributed by atoms with Crippen molar-refractivity contribution < 1.29 is 4.39 Å². The predicted molar refractivity (Wildman–Crippen MR) is 86.7 cm³/mol. The van der Waals surface area contributed by atoms with Gasteiger partial charge in [-0.25, -0.2) is 4.39 Å². The summed E-state index contributed by atoms with van der Waals surface area (Å²) in [4.78, 5) is 0. The topological polar surface area (TPSA) is 12.0 Å². The molecule has 0 fully saturated rings. The molecule has 0 bridgehead atoms. The van der Waals surface area contributed by atoms with E-state index in [1.165, 1.54) is 17.2 Å². The van der Waals surface area contributed by atoms with Crippen LogP contribution < -0.4 is 5.32 Å². The van der Waals surface area contributed by atoms with Gasteiger partial charge in [0.15, 0.2) is 0 Å². The van der Waals surface area contributed by atoms with Crippen molar-refractivity contribution >= 4 is 21.6 Å². The van der Waals surface area contributed by atoms with E-state index in [-0.39, 0.29) is 11.9 Å². The zero-order chi connectivity index (χ0) is 14.7. The van der Waals surface area contributed by atoms with Crippen molar-refractivity contribution in [3.63, 3.8) is 0 Å². The van der Waals surface area contributed by atoms with E-state index in [0.29, 0.717) is 10.4 Å². The fourth-order valence-corrected chi connectivity index (χ4v) is 2.47. The van der Waals surface area contributed by atoms with Crippen molar-refractivity contribution in [2.75, 3.05) is 5.32 Å².